The van der Waals surface area contributed by atoms with Crippen LogP contribution < -0.4 is 5.73 Å². The molecule has 78 valence electrons. The third kappa shape index (κ3) is 2.87. The zero-order chi connectivity index (χ0) is 10.7. The zero-order valence-electron chi connectivity index (χ0n) is 8.06. The summed E-state index contributed by atoms with van der Waals surface area (Å²) < 4.78 is 0.996. The molecule has 2 rings (SSSR count). The van der Waals surface area contributed by atoms with Gasteiger partial charge in [-0.1, -0.05) is 0 Å². The van der Waals surface area contributed by atoms with Crippen LogP contribution >= 0.6 is 27.3 Å². The Labute approximate surface area is 101 Å². The summed E-state index contributed by atoms with van der Waals surface area (Å²) in [6.07, 6.45) is 2.58. The Bertz CT molecular complexity index is 411. The summed E-state index contributed by atoms with van der Waals surface area (Å²) in [4.78, 5) is 4.30. The van der Waals surface area contributed by atoms with E-state index in [1.54, 1.807) is 17.5 Å². The van der Waals surface area contributed by atoms with Gasteiger partial charge in [-0.15, -0.1) is 0 Å². The number of nitrogens with two attached hydrogens (primary N) is 1. The van der Waals surface area contributed by atoms with E-state index in [1.165, 1.54) is 5.56 Å². The Morgan fingerprint density at radius 1 is 1.40 bits per heavy atom. The summed E-state index contributed by atoms with van der Waals surface area (Å²) >= 11 is 5.03. The normalized spacial score (nSPS) is 12.7. The van der Waals surface area contributed by atoms with Crippen LogP contribution in [-0.4, -0.2) is 4.98 Å². The first-order valence-electron chi connectivity index (χ1n) is 4.64. The first kappa shape index (κ1) is 10.8. The van der Waals surface area contributed by atoms with E-state index < -0.39 is 0 Å². The number of pyridine rings is 1. The largest absolute Gasteiger partial charge is 0.324 e. The van der Waals surface area contributed by atoms with Crippen LogP contribution in [0.1, 0.15) is 17.3 Å². The van der Waals surface area contributed by atoms with E-state index in [4.69, 9.17) is 5.73 Å². The molecule has 0 aliphatic heterocycles. The Morgan fingerprint density at radius 3 is 2.87 bits per heavy atom. The minimum atomic E-state index is 0.0462. The number of nitrogens with zero attached hydrogens (tertiary/aromatic N) is 1. The SMILES string of the molecule is NC(Cc1ccc(Br)cn1)c1ccsc1. The minimum absolute atomic E-state index is 0.0462. The lowest BCUT2D eigenvalue weighted by molar-refractivity contribution is 0.709. The first-order valence-corrected chi connectivity index (χ1v) is 6.37. The molecule has 0 saturated heterocycles. The fourth-order valence-electron chi connectivity index (χ4n) is 1.36. The van der Waals surface area contributed by atoms with E-state index in [0.29, 0.717) is 0 Å². The second kappa shape index (κ2) is 4.88. The van der Waals surface area contributed by atoms with Crippen LogP contribution in [0.5, 0.6) is 0 Å². The molecule has 0 aliphatic carbocycles. The van der Waals surface area contributed by atoms with Gasteiger partial charge in [0.1, 0.15) is 0 Å². The third-order valence-corrected chi connectivity index (χ3v) is 3.36. The molecule has 2 heterocycles. The van der Waals surface area contributed by atoms with Gasteiger partial charge in [-0.2, -0.15) is 11.3 Å². The molecule has 0 saturated carbocycles. The maximum Gasteiger partial charge on any atom is 0.0423 e. The van der Waals surface area contributed by atoms with Gasteiger partial charge >= 0.3 is 0 Å². The van der Waals surface area contributed by atoms with Gasteiger partial charge in [0.05, 0.1) is 0 Å². The average molecular weight is 283 g/mol. The van der Waals surface area contributed by atoms with Crippen molar-refractivity contribution < 1.29 is 0 Å². The Hall–Kier alpha value is -0.710. The number of hydrogen-bond donors (Lipinski definition) is 1. The van der Waals surface area contributed by atoms with Crippen molar-refractivity contribution in [1.29, 1.82) is 0 Å². The quantitative estimate of drug-likeness (QED) is 0.939. The molecule has 4 heteroatoms. The minimum Gasteiger partial charge on any atom is -0.324 e. The van der Waals surface area contributed by atoms with E-state index in [2.05, 4.69) is 32.4 Å². The number of aromatic nitrogens is 1. The van der Waals surface area contributed by atoms with Gasteiger partial charge in [0.25, 0.3) is 0 Å². The summed E-state index contributed by atoms with van der Waals surface area (Å²) in [5, 5.41) is 4.13. The highest BCUT2D eigenvalue weighted by Crippen LogP contribution is 2.18. The zero-order valence-corrected chi connectivity index (χ0v) is 10.5. The smallest absolute Gasteiger partial charge is 0.0423 e. The molecule has 2 nitrogen and oxygen atoms in total. The van der Waals surface area contributed by atoms with Crippen molar-refractivity contribution in [3.63, 3.8) is 0 Å². The number of rotatable bonds is 3. The molecule has 0 radical (unpaired) electrons. The summed E-state index contributed by atoms with van der Waals surface area (Å²) in [6.45, 7) is 0. The van der Waals surface area contributed by atoms with Gasteiger partial charge in [-0.05, 0) is 50.5 Å². The molecule has 15 heavy (non-hydrogen) atoms. The molecule has 0 spiro atoms. The van der Waals surface area contributed by atoms with Crippen molar-refractivity contribution in [2.24, 2.45) is 5.73 Å². The van der Waals surface area contributed by atoms with E-state index in [1.807, 2.05) is 17.5 Å². The summed E-state index contributed by atoms with van der Waals surface area (Å²) in [6, 6.07) is 6.10. The van der Waals surface area contributed by atoms with E-state index >= 15 is 0 Å². The molecule has 2 N–H and O–H groups in total. The molecule has 1 atom stereocenters. The van der Waals surface area contributed by atoms with Gasteiger partial charge in [-0.25, -0.2) is 0 Å². The number of thiophene rings is 1. The Morgan fingerprint density at radius 2 is 2.27 bits per heavy atom. The van der Waals surface area contributed by atoms with Gasteiger partial charge in [0.2, 0.25) is 0 Å². The maximum atomic E-state index is 6.06. The summed E-state index contributed by atoms with van der Waals surface area (Å²) in [5.41, 5.74) is 8.27. The molecular weight excluding hydrogens is 272 g/mol. The van der Waals surface area contributed by atoms with Crippen LogP contribution in [0.2, 0.25) is 0 Å². The highest BCUT2D eigenvalue weighted by atomic mass is 79.9. The predicted octanol–water partition coefficient (Wildman–Crippen LogP) is 3.15. The third-order valence-electron chi connectivity index (χ3n) is 2.19. The van der Waals surface area contributed by atoms with Crippen molar-refractivity contribution in [3.05, 3.63) is 50.9 Å². The fraction of sp³-hybridized carbons (Fsp3) is 0.182. The molecule has 0 amide bonds. The van der Waals surface area contributed by atoms with E-state index in [9.17, 15) is 0 Å². The second-order valence-corrected chi connectivity index (χ2v) is 5.03. The molecule has 0 bridgehead atoms. The summed E-state index contributed by atoms with van der Waals surface area (Å²) in [7, 11) is 0. The fourth-order valence-corrected chi connectivity index (χ4v) is 2.32. The molecule has 2 aromatic heterocycles. The maximum absolute atomic E-state index is 6.06. The molecule has 0 fully saturated rings. The lowest BCUT2D eigenvalue weighted by atomic mass is 10.1. The second-order valence-electron chi connectivity index (χ2n) is 3.34. The van der Waals surface area contributed by atoms with Crippen LogP contribution in [0.25, 0.3) is 0 Å². The van der Waals surface area contributed by atoms with Crippen LogP contribution in [0.15, 0.2) is 39.6 Å². The van der Waals surface area contributed by atoms with Crippen LogP contribution in [0.3, 0.4) is 0 Å². The lowest BCUT2D eigenvalue weighted by Gasteiger charge is -2.08. The van der Waals surface area contributed by atoms with Crippen LogP contribution in [0.4, 0.5) is 0 Å². The van der Waals surface area contributed by atoms with Crippen LogP contribution in [-0.2, 0) is 6.42 Å². The molecular formula is C11H11BrN2S. The van der Waals surface area contributed by atoms with Crippen molar-refractivity contribution in [2.45, 2.75) is 12.5 Å². The highest BCUT2D eigenvalue weighted by molar-refractivity contribution is 9.10. The van der Waals surface area contributed by atoms with E-state index in [0.717, 1.165) is 16.6 Å². The Balaban J connectivity index is 2.06. The van der Waals surface area contributed by atoms with Crippen molar-refractivity contribution in [2.75, 3.05) is 0 Å². The van der Waals surface area contributed by atoms with Gasteiger partial charge < -0.3 is 5.73 Å². The van der Waals surface area contributed by atoms with Gasteiger partial charge in [-0.3, -0.25) is 4.98 Å². The van der Waals surface area contributed by atoms with E-state index in [-0.39, 0.29) is 6.04 Å². The predicted molar refractivity (Wildman–Crippen MR) is 66.9 cm³/mol. The van der Waals surface area contributed by atoms with Crippen LogP contribution in [0, 0.1) is 0 Å². The lowest BCUT2D eigenvalue weighted by Crippen LogP contribution is -2.13. The van der Waals surface area contributed by atoms with Crippen molar-refractivity contribution in [1.82, 2.24) is 4.98 Å². The Kier molecular flexibility index (Phi) is 3.51. The molecule has 0 aromatic carbocycles. The monoisotopic (exact) mass is 282 g/mol. The number of hydrogen-bond acceptors (Lipinski definition) is 3. The van der Waals surface area contributed by atoms with Crippen molar-refractivity contribution in [3.8, 4) is 0 Å². The summed E-state index contributed by atoms with van der Waals surface area (Å²) in [5.74, 6) is 0. The first-order chi connectivity index (χ1) is 7.25. The average Bonchev–Trinajstić information content (AvgIpc) is 2.74. The highest BCUT2D eigenvalue weighted by Gasteiger charge is 2.07. The molecule has 0 aliphatic rings. The van der Waals surface area contributed by atoms with Gasteiger partial charge in [0, 0.05) is 28.8 Å². The van der Waals surface area contributed by atoms with Gasteiger partial charge in [0.15, 0.2) is 0 Å². The van der Waals surface area contributed by atoms with Crippen molar-refractivity contribution >= 4 is 27.3 Å². The topological polar surface area (TPSA) is 38.9 Å². The molecule has 1 unspecified atom stereocenters. The number of halogens is 1. The standard InChI is InChI=1S/C11H11BrN2S/c12-9-1-2-10(14-6-9)5-11(13)8-3-4-15-7-8/h1-4,6-7,11H,5,13H2. The molecule has 2 aromatic rings.